The average molecular weight is 463 g/mol. The third-order valence-corrected chi connectivity index (χ3v) is 7.19. The minimum Gasteiger partial charge on any atom is -0.484 e. The fraction of sp³-hybridized carbons (Fsp3) is 0.375. The van der Waals surface area contributed by atoms with Crippen molar-refractivity contribution in [3.05, 3.63) is 46.7 Å². The van der Waals surface area contributed by atoms with Gasteiger partial charge in [0.2, 0.25) is 5.75 Å². The van der Waals surface area contributed by atoms with Crippen LogP contribution in [0.5, 0.6) is 5.75 Å². The molecule has 3 aromatic heterocycles. The summed E-state index contributed by atoms with van der Waals surface area (Å²) in [6.45, 7) is 3.05. The Balaban J connectivity index is 1.34. The molecule has 1 aromatic carbocycles. The van der Waals surface area contributed by atoms with Crippen molar-refractivity contribution in [3.63, 3.8) is 0 Å². The summed E-state index contributed by atoms with van der Waals surface area (Å²) in [5.74, 6) is 2.76. The van der Waals surface area contributed by atoms with Crippen molar-refractivity contribution in [2.45, 2.75) is 38.3 Å². The van der Waals surface area contributed by atoms with E-state index in [9.17, 15) is 0 Å². The van der Waals surface area contributed by atoms with E-state index < -0.39 is 0 Å². The summed E-state index contributed by atoms with van der Waals surface area (Å²) >= 11 is 1.59. The summed E-state index contributed by atoms with van der Waals surface area (Å²) in [7, 11) is 1.69. The van der Waals surface area contributed by atoms with Gasteiger partial charge < -0.3 is 25.1 Å². The number of hydrogen-bond donors (Lipinski definition) is 3. The first-order valence-electron chi connectivity index (χ1n) is 11.3. The van der Waals surface area contributed by atoms with E-state index in [0.29, 0.717) is 30.6 Å². The van der Waals surface area contributed by atoms with Crippen LogP contribution in [0.25, 0.3) is 21.6 Å². The monoisotopic (exact) mass is 462 g/mol. The smallest absolute Gasteiger partial charge is 0.204 e. The number of para-hydroxylation sites is 1. The topological polar surface area (TPSA) is 97.0 Å². The van der Waals surface area contributed by atoms with E-state index in [4.69, 9.17) is 19.4 Å². The first kappa shape index (κ1) is 20.4. The molecular weight excluding hydrogens is 436 g/mol. The number of methoxy groups -OCH3 is 1. The molecular formula is C24H26N6O2S. The van der Waals surface area contributed by atoms with Crippen LogP contribution in [0.2, 0.25) is 0 Å². The predicted octanol–water partition coefficient (Wildman–Crippen LogP) is 4.18. The summed E-state index contributed by atoms with van der Waals surface area (Å²) < 4.78 is 11.4. The Bertz CT molecular complexity index is 1320. The number of aromatic amines is 1. The van der Waals surface area contributed by atoms with Crippen LogP contribution < -0.4 is 15.4 Å². The van der Waals surface area contributed by atoms with Crippen molar-refractivity contribution in [2.75, 3.05) is 31.0 Å². The summed E-state index contributed by atoms with van der Waals surface area (Å²) in [5.41, 5.74) is 3.96. The molecule has 1 aliphatic heterocycles. The van der Waals surface area contributed by atoms with E-state index >= 15 is 0 Å². The number of thiazole rings is 1. The SMILES string of the molecule is COC[C@@H]1COc2c(nc(-c3cnc(C)s3)nc2N[C@@H]2CCc3[nH]c4ccccc4c3C2)N1. The fourth-order valence-electron chi connectivity index (χ4n) is 4.75. The first-order valence-corrected chi connectivity index (χ1v) is 12.1. The number of nitrogens with zero attached hydrogens (tertiary/aromatic N) is 3. The lowest BCUT2D eigenvalue weighted by atomic mass is 9.91. The van der Waals surface area contributed by atoms with Crippen molar-refractivity contribution in [1.29, 1.82) is 0 Å². The van der Waals surface area contributed by atoms with Crippen molar-refractivity contribution in [2.24, 2.45) is 0 Å². The molecule has 0 saturated carbocycles. The molecule has 2 atom stereocenters. The molecule has 33 heavy (non-hydrogen) atoms. The van der Waals surface area contributed by atoms with Crippen LogP contribution in [-0.4, -0.2) is 52.3 Å². The molecule has 0 bridgehead atoms. The molecule has 2 aliphatic rings. The number of rotatable bonds is 5. The Morgan fingerprint density at radius 3 is 3.03 bits per heavy atom. The number of anilines is 2. The predicted molar refractivity (Wildman–Crippen MR) is 130 cm³/mol. The summed E-state index contributed by atoms with van der Waals surface area (Å²) in [6.07, 6.45) is 4.80. The van der Waals surface area contributed by atoms with Crippen LogP contribution >= 0.6 is 11.3 Å². The van der Waals surface area contributed by atoms with Gasteiger partial charge in [0, 0.05) is 35.9 Å². The van der Waals surface area contributed by atoms with Crippen molar-refractivity contribution in [3.8, 4) is 16.5 Å². The van der Waals surface area contributed by atoms with Gasteiger partial charge in [0.15, 0.2) is 17.5 Å². The van der Waals surface area contributed by atoms with E-state index in [-0.39, 0.29) is 12.1 Å². The standard InChI is InChI=1S/C24H26N6O2S/c1-13-25-10-20(33-13)22-29-23(21-24(30-22)27-15(11-31-2)12-32-21)26-14-7-8-19-17(9-14)16-5-3-4-6-18(16)28-19/h3-6,10,14-15,28H,7-9,11-12H2,1-2H3,(H2,26,27,29,30)/t14-,15-/m1/s1. The Labute approximate surface area is 195 Å². The van der Waals surface area contributed by atoms with Gasteiger partial charge in [0.25, 0.3) is 0 Å². The summed E-state index contributed by atoms with van der Waals surface area (Å²) in [4.78, 5) is 18.6. The maximum Gasteiger partial charge on any atom is 0.204 e. The summed E-state index contributed by atoms with van der Waals surface area (Å²) in [6, 6.07) is 8.84. The van der Waals surface area contributed by atoms with Gasteiger partial charge in [-0.2, -0.15) is 0 Å². The number of aryl methyl sites for hydroxylation is 2. The van der Waals surface area contributed by atoms with Gasteiger partial charge in [-0.15, -0.1) is 11.3 Å². The zero-order chi connectivity index (χ0) is 22.4. The third-order valence-electron chi connectivity index (χ3n) is 6.28. The molecule has 1 aliphatic carbocycles. The lowest BCUT2D eigenvalue weighted by molar-refractivity contribution is 0.154. The van der Waals surface area contributed by atoms with E-state index in [0.717, 1.165) is 35.0 Å². The van der Waals surface area contributed by atoms with Crippen molar-refractivity contribution in [1.82, 2.24) is 19.9 Å². The number of aromatic nitrogens is 4. The Morgan fingerprint density at radius 1 is 1.27 bits per heavy atom. The maximum atomic E-state index is 6.13. The molecule has 8 nitrogen and oxygen atoms in total. The first-order chi connectivity index (χ1) is 16.2. The molecule has 0 unspecified atom stereocenters. The van der Waals surface area contributed by atoms with Gasteiger partial charge >= 0.3 is 0 Å². The minimum atomic E-state index is 0.0461. The second kappa shape index (κ2) is 8.31. The van der Waals surface area contributed by atoms with Gasteiger partial charge in [-0.3, -0.25) is 0 Å². The third kappa shape index (κ3) is 3.81. The van der Waals surface area contributed by atoms with E-state index in [2.05, 4.69) is 44.9 Å². The highest BCUT2D eigenvalue weighted by atomic mass is 32.1. The molecule has 0 saturated heterocycles. The van der Waals surface area contributed by atoms with Crippen LogP contribution in [0.3, 0.4) is 0 Å². The van der Waals surface area contributed by atoms with Crippen molar-refractivity contribution < 1.29 is 9.47 Å². The second-order valence-corrected chi connectivity index (χ2v) is 9.87. The van der Waals surface area contributed by atoms with Gasteiger partial charge in [-0.05, 0) is 37.8 Å². The largest absolute Gasteiger partial charge is 0.484 e. The number of ether oxygens (including phenoxy) is 2. The quantitative estimate of drug-likeness (QED) is 0.409. The van der Waals surface area contributed by atoms with Gasteiger partial charge in [-0.25, -0.2) is 15.0 Å². The van der Waals surface area contributed by atoms with E-state index in [1.807, 2.05) is 13.1 Å². The summed E-state index contributed by atoms with van der Waals surface area (Å²) in [5, 5.41) is 9.45. The Hall–Kier alpha value is -3.17. The molecule has 3 N–H and O–H groups in total. The lowest BCUT2D eigenvalue weighted by Gasteiger charge is -2.30. The highest BCUT2D eigenvalue weighted by Crippen LogP contribution is 2.38. The van der Waals surface area contributed by atoms with Crippen LogP contribution in [0, 0.1) is 6.92 Å². The van der Waals surface area contributed by atoms with Gasteiger partial charge in [0.1, 0.15) is 6.61 Å². The molecule has 0 radical (unpaired) electrons. The number of fused-ring (bicyclic) bond motifs is 4. The molecule has 4 heterocycles. The number of H-pyrrole nitrogens is 1. The fourth-order valence-corrected chi connectivity index (χ4v) is 5.47. The average Bonchev–Trinajstić information content (AvgIpc) is 3.42. The Kier molecular flexibility index (Phi) is 5.15. The molecule has 6 rings (SSSR count). The molecule has 0 amide bonds. The maximum absolute atomic E-state index is 6.13. The van der Waals surface area contributed by atoms with E-state index in [1.165, 1.54) is 22.2 Å². The highest BCUT2D eigenvalue weighted by molar-refractivity contribution is 7.14. The number of hydrogen-bond acceptors (Lipinski definition) is 8. The van der Waals surface area contributed by atoms with Crippen LogP contribution in [0.15, 0.2) is 30.5 Å². The molecule has 0 fully saturated rings. The zero-order valence-electron chi connectivity index (χ0n) is 18.6. The number of benzene rings is 1. The Morgan fingerprint density at radius 2 is 2.18 bits per heavy atom. The molecule has 4 aromatic rings. The highest BCUT2D eigenvalue weighted by Gasteiger charge is 2.29. The van der Waals surface area contributed by atoms with E-state index in [1.54, 1.807) is 18.4 Å². The van der Waals surface area contributed by atoms with Crippen LogP contribution in [0.1, 0.15) is 22.7 Å². The molecule has 9 heteroatoms. The zero-order valence-corrected chi connectivity index (χ0v) is 19.5. The second-order valence-electron chi connectivity index (χ2n) is 8.64. The van der Waals surface area contributed by atoms with Crippen LogP contribution in [0.4, 0.5) is 11.6 Å². The number of nitrogens with one attached hydrogen (secondary N) is 3. The minimum absolute atomic E-state index is 0.0461. The molecule has 0 spiro atoms. The normalized spacial score (nSPS) is 19.5. The van der Waals surface area contributed by atoms with Crippen LogP contribution in [-0.2, 0) is 17.6 Å². The molecule has 170 valence electrons. The van der Waals surface area contributed by atoms with Crippen molar-refractivity contribution >= 4 is 33.9 Å². The van der Waals surface area contributed by atoms with Gasteiger partial charge in [0.05, 0.1) is 22.5 Å². The van der Waals surface area contributed by atoms with Gasteiger partial charge in [-0.1, -0.05) is 18.2 Å². The lowest BCUT2D eigenvalue weighted by Crippen LogP contribution is -2.36.